The zero-order chi connectivity index (χ0) is 69.2. The van der Waals surface area contributed by atoms with E-state index in [-0.39, 0.29) is 36.6 Å². The number of carbonyl (C=O) groups is 3. The lowest BCUT2D eigenvalue weighted by molar-refractivity contribution is 0.0599. The van der Waals surface area contributed by atoms with E-state index in [2.05, 4.69) is 92.9 Å². The van der Waals surface area contributed by atoms with Gasteiger partial charge in [-0.1, -0.05) is 151 Å². The Morgan fingerprint density at radius 3 is 0.990 bits per heavy atom. The molecule has 18 nitrogen and oxygen atoms in total. The molecule has 3 aromatic heterocycles. The molecule has 0 aliphatic heterocycles. The summed E-state index contributed by atoms with van der Waals surface area (Å²) in [5.74, 6) is 1.33. The molecule has 3 N–H and O–H groups in total. The number of nitrogens with two attached hydrogens (primary N) is 1. The molecule has 0 atom stereocenters. The van der Waals surface area contributed by atoms with Gasteiger partial charge in [0.15, 0.2) is 0 Å². The molecule has 0 aliphatic rings. The number of nitrogens with zero attached hydrogens (tertiary/aromatic N) is 6. The number of benzene rings is 9. The highest BCUT2D eigenvalue weighted by Gasteiger charge is 2.20. The van der Waals surface area contributed by atoms with Crippen LogP contribution >= 0.6 is 0 Å². The van der Waals surface area contributed by atoms with Gasteiger partial charge in [-0.3, -0.25) is 18.5 Å². The SMILES string of the molecule is COC(=O)c1cccc(Cn2c(=O)nc(-c3ccc(C(C)C)cc3)c3cc(OC)ccc32)c1.COc1ccc2c(c1)c(-c1ccc(C(C)C)cc1)nc(=O)n2Cc1cccc(C(=O)O)c1.COc1ccc2c(c1)c(-c1ccc(C(C)C)cc1)nc(=O)n2Cc1cccc(C(N)=O)c1. The lowest BCUT2D eigenvalue weighted by atomic mass is 9.99. The van der Waals surface area contributed by atoms with E-state index >= 15 is 0 Å². The van der Waals surface area contributed by atoms with E-state index < -0.39 is 23.5 Å². The van der Waals surface area contributed by atoms with Crippen LogP contribution in [0.25, 0.3) is 66.5 Å². The summed E-state index contributed by atoms with van der Waals surface area (Å²) in [6.45, 7) is 13.6. The maximum Gasteiger partial charge on any atom is 0.348 e. The van der Waals surface area contributed by atoms with Crippen molar-refractivity contribution < 1.29 is 38.4 Å². The highest BCUT2D eigenvalue weighted by atomic mass is 16.5. The summed E-state index contributed by atoms with van der Waals surface area (Å²) in [6, 6.07) is 61.6. The molecule has 0 saturated carbocycles. The Balaban J connectivity index is 0.000000158. The van der Waals surface area contributed by atoms with Crippen molar-refractivity contribution in [3.05, 3.63) is 282 Å². The third-order valence-corrected chi connectivity index (χ3v) is 16.9. The zero-order valence-corrected chi connectivity index (χ0v) is 55.7. The van der Waals surface area contributed by atoms with Crippen LogP contribution in [0.1, 0.15) is 124 Å². The van der Waals surface area contributed by atoms with Gasteiger partial charge < -0.3 is 29.8 Å². The summed E-state index contributed by atoms with van der Waals surface area (Å²) in [6.07, 6.45) is 0. The Morgan fingerprint density at radius 1 is 0.402 bits per heavy atom. The van der Waals surface area contributed by atoms with Gasteiger partial charge in [-0.25, -0.2) is 24.0 Å². The number of rotatable bonds is 18. The lowest BCUT2D eigenvalue weighted by Gasteiger charge is -2.15. The fourth-order valence-corrected chi connectivity index (χ4v) is 11.4. The topological polar surface area (TPSA) is 239 Å². The summed E-state index contributed by atoms with van der Waals surface area (Å²) < 4.78 is 25.9. The van der Waals surface area contributed by atoms with Crippen molar-refractivity contribution in [3.63, 3.8) is 0 Å². The third kappa shape index (κ3) is 15.6. The minimum Gasteiger partial charge on any atom is -0.497 e. The zero-order valence-electron chi connectivity index (χ0n) is 55.7. The number of carbonyl (C=O) groups excluding carboxylic acids is 2. The van der Waals surface area contributed by atoms with E-state index in [9.17, 15) is 33.9 Å². The number of carboxylic acid groups (broad SMARTS) is 1. The van der Waals surface area contributed by atoms with E-state index in [0.717, 1.165) is 55.0 Å². The Kier molecular flexibility index (Phi) is 21.1. The van der Waals surface area contributed by atoms with Crippen LogP contribution in [0.2, 0.25) is 0 Å². The molecule has 0 fully saturated rings. The first-order valence-electron chi connectivity index (χ1n) is 31.6. The quantitative estimate of drug-likeness (QED) is 0.0760. The number of hydrogen-bond acceptors (Lipinski definition) is 13. The number of hydrogen-bond donors (Lipinski definition) is 2. The fraction of sp³-hybridized carbons (Fsp3) is 0.203. The van der Waals surface area contributed by atoms with Gasteiger partial charge in [0, 0.05) is 38.4 Å². The predicted molar refractivity (Wildman–Crippen MR) is 380 cm³/mol. The van der Waals surface area contributed by atoms with Crippen molar-refractivity contribution in [1.29, 1.82) is 0 Å². The molecular formula is C79H75N7O11. The first-order valence-corrected chi connectivity index (χ1v) is 31.6. The molecule has 12 aromatic rings. The van der Waals surface area contributed by atoms with Crippen LogP contribution in [0.15, 0.2) is 215 Å². The molecular weight excluding hydrogens is 1220 g/mol. The number of aromatic carboxylic acids is 1. The van der Waals surface area contributed by atoms with E-state index in [1.807, 2.05) is 97.1 Å². The van der Waals surface area contributed by atoms with Crippen LogP contribution in [-0.4, -0.2) is 80.0 Å². The van der Waals surface area contributed by atoms with Gasteiger partial charge >= 0.3 is 29.0 Å². The van der Waals surface area contributed by atoms with Crippen LogP contribution < -0.4 is 37.0 Å². The van der Waals surface area contributed by atoms with Gasteiger partial charge in [-0.2, -0.15) is 15.0 Å². The number of methoxy groups -OCH3 is 4. The first-order chi connectivity index (χ1) is 46.6. The summed E-state index contributed by atoms with van der Waals surface area (Å²) in [5, 5.41) is 11.7. The minimum atomic E-state index is -1.01. The van der Waals surface area contributed by atoms with Crippen molar-refractivity contribution in [3.8, 4) is 51.0 Å². The van der Waals surface area contributed by atoms with E-state index in [4.69, 9.17) is 24.7 Å². The fourth-order valence-electron chi connectivity index (χ4n) is 11.4. The normalized spacial score (nSPS) is 11.1. The molecule has 492 valence electrons. The van der Waals surface area contributed by atoms with E-state index in [1.165, 1.54) is 29.9 Å². The Hall–Kier alpha value is -11.8. The van der Waals surface area contributed by atoms with Crippen molar-refractivity contribution in [2.75, 3.05) is 28.4 Å². The van der Waals surface area contributed by atoms with Gasteiger partial charge in [-0.15, -0.1) is 0 Å². The minimum absolute atomic E-state index is 0.177. The van der Waals surface area contributed by atoms with Gasteiger partial charge in [0.05, 0.1) is 92.8 Å². The predicted octanol–water partition coefficient (Wildman–Crippen LogP) is 14.3. The van der Waals surface area contributed by atoms with Crippen molar-refractivity contribution in [2.45, 2.75) is 78.9 Å². The van der Waals surface area contributed by atoms with Gasteiger partial charge in [0.1, 0.15) is 17.2 Å². The second kappa shape index (κ2) is 30.1. The highest BCUT2D eigenvalue weighted by Crippen LogP contribution is 2.34. The number of carboxylic acids is 1. The molecule has 3 heterocycles. The number of primary amides is 1. The van der Waals surface area contributed by atoms with Crippen LogP contribution in [0.3, 0.4) is 0 Å². The maximum atomic E-state index is 13.2. The van der Waals surface area contributed by atoms with Crippen molar-refractivity contribution in [1.82, 2.24) is 28.7 Å². The molecule has 0 spiro atoms. The molecule has 97 heavy (non-hydrogen) atoms. The largest absolute Gasteiger partial charge is 0.497 e. The molecule has 0 unspecified atom stereocenters. The van der Waals surface area contributed by atoms with Crippen molar-refractivity contribution in [2.24, 2.45) is 5.73 Å². The monoisotopic (exact) mass is 1300 g/mol. The molecule has 0 saturated heterocycles. The average molecular weight is 1300 g/mol. The molecule has 0 bridgehead atoms. The highest BCUT2D eigenvalue weighted by molar-refractivity contribution is 5.96. The average Bonchev–Trinajstić information content (AvgIpc) is 0.784. The number of aromatic nitrogens is 6. The summed E-state index contributed by atoms with van der Waals surface area (Å²) in [7, 11) is 6.16. The van der Waals surface area contributed by atoms with Gasteiger partial charge in [-0.05, 0) is 142 Å². The van der Waals surface area contributed by atoms with E-state index in [1.54, 1.807) is 95.7 Å². The lowest BCUT2D eigenvalue weighted by Crippen LogP contribution is -2.25. The second-order valence-electron chi connectivity index (χ2n) is 24.2. The molecule has 18 heteroatoms. The van der Waals surface area contributed by atoms with Crippen LogP contribution in [0.5, 0.6) is 17.2 Å². The first kappa shape index (κ1) is 68.1. The Morgan fingerprint density at radius 2 is 0.701 bits per heavy atom. The summed E-state index contributed by atoms with van der Waals surface area (Å²) in [5.41, 5.74) is 17.8. The van der Waals surface area contributed by atoms with Crippen LogP contribution in [-0.2, 0) is 24.4 Å². The van der Waals surface area contributed by atoms with Crippen LogP contribution in [0.4, 0.5) is 0 Å². The summed E-state index contributed by atoms with van der Waals surface area (Å²) >= 11 is 0. The standard InChI is InChI=1S/C27H26N2O4.C26H25N3O3.C26H24N2O4/c1-17(2)19-8-10-20(11-9-19)25-23-15-22(32-3)12-13-24(23)29(27(31)28-25)16-18-6-5-7-21(14-18)26(30)33-4;1-16(2)18-7-9-19(10-8-18)24-22-14-21(32-3)11-12-23(22)29(26(31)28-24)15-17-5-4-6-20(13-17)25(27)30;1-16(2)18-7-9-19(10-8-18)24-22-14-21(32-3)11-12-23(22)28(26(31)27-24)15-17-5-4-6-20(13-17)25(29)30/h5-15,17H,16H2,1-4H3;4-14,16H,15H2,1-3H3,(H2,27,30);4-14,16H,15H2,1-3H3,(H,29,30). The summed E-state index contributed by atoms with van der Waals surface area (Å²) in [4.78, 5) is 87.5. The van der Waals surface area contributed by atoms with Crippen molar-refractivity contribution >= 4 is 50.6 Å². The van der Waals surface area contributed by atoms with Gasteiger partial charge in [0.25, 0.3) is 0 Å². The Labute approximate surface area is 560 Å². The Bertz CT molecular complexity index is 4880. The molecule has 9 aromatic carbocycles. The molecule has 1 amide bonds. The maximum absolute atomic E-state index is 13.2. The van der Waals surface area contributed by atoms with Gasteiger partial charge in [0.2, 0.25) is 5.91 Å². The number of esters is 1. The molecule has 0 aliphatic carbocycles. The molecule has 12 rings (SSSR count). The number of amides is 1. The third-order valence-electron chi connectivity index (χ3n) is 16.9. The smallest absolute Gasteiger partial charge is 0.348 e. The number of ether oxygens (including phenoxy) is 4. The second-order valence-corrected chi connectivity index (χ2v) is 24.2. The number of fused-ring (bicyclic) bond motifs is 3. The van der Waals surface area contributed by atoms with E-state index in [0.29, 0.717) is 74.3 Å². The molecule has 0 radical (unpaired) electrons. The van der Waals surface area contributed by atoms with Crippen LogP contribution in [0, 0.1) is 0 Å².